The largest absolute Gasteiger partial charge is 0.338 e. The van der Waals surface area contributed by atoms with Gasteiger partial charge >= 0.3 is 0 Å². The van der Waals surface area contributed by atoms with Crippen molar-refractivity contribution in [3.05, 3.63) is 70.8 Å². The maximum Gasteiger partial charge on any atom is 0.240 e. The van der Waals surface area contributed by atoms with Gasteiger partial charge in [0.1, 0.15) is 5.82 Å². The van der Waals surface area contributed by atoms with Crippen LogP contribution in [0.3, 0.4) is 0 Å². The lowest BCUT2D eigenvalue weighted by Crippen LogP contribution is -2.19. The first-order chi connectivity index (χ1) is 11.1. The van der Waals surface area contributed by atoms with Crippen LogP contribution in [0.5, 0.6) is 0 Å². The van der Waals surface area contributed by atoms with E-state index in [4.69, 9.17) is 16.1 Å². The molecular formula is C17H15ClFN3O. The average Bonchev–Trinajstić information content (AvgIpc) is 3.03. The van der Waals surface area contributed by atoms with Gasteiger partial charge in [0.25, 0.3) is 0 Å². The van der Waals surface area contributed by atoms with Crippen LogP contribution in [0.4, 0.5) is 4.39 Å². The topological polar surface area (TPSA) is 51.0 Å². The first kappa shape index (κ1) is 15.6. The van der Waals surface area contributed by atoms with Crippen LogP contribution in [0.25, 0.3) is 11.4 Å². The lowest BCUT2D eigenvalue weighted by Gasteiger charge is -2.13. The van der Waals surface area contributed by atoms with Crippen molar-refractivity contribution in [2.75, 3.05) is 0 Å². The number of nitrogens with zero attached hydrogens (tertiary/aromatic N) is 2. The number of halogens is 2. The lowest BCUT2D eigenvalue weighted by molar-refractivity contribution is 0.359. The number of benzene rings is 2. The highest BCUT2D eigenvalue weighted by Crippen LogP contribution is 2.19. The summed E-state index contributed by atoms with van der Waals surface area (Å²) in [6.07, 6.45) is 0. The van der Waals surface area contributed by atoms with Gasteiger partial charge in [0.15, 0.2) is 0 Å². The molecule has 2 aromatic carbocycles. The van der Waals surface area contributed by atoms with E-state index < -0.39 is 0 Å². The average molecular weight is 332 g/mol. The van der Waals surface area contributed by atoms with Crippen LogP contribution in [0.1, 0.15) is 24.4 Å². The molecule has 118 valence electrons. The summed E-state index contributed by atoms with van der Waals surface area (Å²) >= 11 is 5.85. The Bertz CT molecular complexity index is 789. The van der Waals surface area contributed by atoms with E-state index in [0.29, 0.717) is 28.8 Å². The van der Waals surface area contributed by atoms with Crippen molar-refractivity contribution in [2.45, 2.75) is 19.5 Å². The Morgan fingerprint density at radius 1 is 1.17 bits per heavy atom. The fourth-order valence-corrected chi connectivity index (χ4v) is 2.35. The van der Waals surface area contributed by atoms with Crippen LogP contribution in [-0.4, -0.2) is 10.1 Å². The Kier molecular flexibility index (Phi) is 4.69. The van der Waals surface area contributed by atoms with Gasteiger partial charge in [-0.3, -0.25) is 0 Å². The zero-order valence-electron chi connectivity index (χ0n) is 12.5. The molecule has 0 fully saturated rings. The summed E-state index contributed by atoms with van der Waals surface area (Å²) < 4.78 is 18.9. The Balaban J connectivity index is 1.65. The Hall–Kier alpha value is -2.24. The molecule has 1 unspecified atom stereocenters. The summed E-state index contributed by atoms with van der Waals surface area (Å²) in [6, 6.07) is 13.7. The third-order valence-electron chi connectivity index (χ3n) is 3.50. The van der Waals surface area contributed by atoms with Crippen LogP contribution >= 0.6 is 11.6 Å². The Labute approximate surface area is 138 Å². The molecule has 4 nitrogen and oxygen atoms in total. The predicted octanol–water partition coefficient (Wildman–Crippen LogP) is 4.38. The van der Waals surface area contributed by atoms with E-state index in [-0.39, 0.29) is 11.9 Å². The second kappa shape index (κ2) is 6.89. The van der Waals surface area contributed by atoms with Gasteiger partial charge in [0.05, 0.1) is 6.54 Å². The lowest BCUT2D eigenvalue weighted by atomic mass is 10.1. The molecule has 0 saturated heterocycles. The van der Waals surface area contributed by atoms with Crippen molar-refractivity contribution < 1.29 is 8.91 Å². The monoisotopic (exact) mass is 331 g/mol. The van der Waals surface area contributed by atoms with E-state index in [2.05, 4.69) is 15.5 Å². The molecule has 3 aromatic rings. The third kappa shape index (κ3) is 3.75. The molecule has 23 heavy (non-hydrogen) atoms. The smallest absolute Gasteiger partial charge is 0.240 e. The standard InChI is InChI=1S/C17H15ClFN3O/c1-11(14-4-2-3-5-15(14)19)20-10-16-21-17(22-23-16)12-6-8-13(18)9-7-12/h2-9,11,20H,10H2,1H3. The van der Waals surface area contributed by atoms with Crippen molar-refractivity contribution in [1.29, 1.82) is 0 Å². The van der Waals surface area contributed by atoms with Gasteiger partial charge in [0, 0.05) is 22.2 Å². The van der Waals surface area contributed by atoms with Gasteiger partial charge < -0.3 is 9.84 Å². The minimum absolute atomic E-state index is 0.165. The summed E-state index contributed by atoms with van der Waals surface area (Å²) in [5.74, 6) is 0.704. The Morgan fingerprint density at radius 3 is 2.65 bits per heavy atom. The number of hydrogen-bond donors (Lipinski definition) is 1. The molecule has 0 amide bonds. The highest BCUT2D eigenvalue weighted by molar-refractivity contribution is 6.30. The second-order valence-corrected chi connectivity index (χ2v) is 5.58. The molecule has 0 bridgehead atoms. The van der Waals surface area contributed by atoms with Crippen LogP contribution in [-0.2, 0) is 6.54 Å². The summed E-state index contributed by atoms with van der Waals surface area (Å²) in [4.78, 5) is 4.32. The molecule has 0 aliphatic carbocycles. The number of aromatic nitrogens is 2. The summed E-state index contributed by atoms with van der Waals surface area (Å²) in [7, 11) is 0. The van der Waals surface area contributed by atoms with Gasteiger partial charge in [0.2, 0.25) is 11.7 Å². The van der Waals surface area contributed by atoms with Crippen molar-refractivity contribution in [1.82, 2.24) is 15.5 Å². The molecule has 0 aliphatic heterocycles. The molecule has 1 atom stereocenters. The van der Waals surface area contributed by atoms with Crippen molar-refractivity contribution >= 4 is 11.6 Å². The molecule has 0 radical (unpaired) electrons. The maximum absolute atomic E-state index is 13.7. The first-order valence-electron chi connectivity index (χ1n) is 7.20. The molecule has 1 aromatic heterocycles. The number of nitrogens with one attached hydrogen (secondary N) is 1. The first-order valence-corrected chi connectivity index (χ1v) is 7.57. The molecule has 0 aliphatic rings. The maximum atomic E-state index is 13.7. The van der Waals surface area contributed by atoms with Gasteiger partial charge in [-0.25, -0.2) is 4.39 Å². The fourth-order valence-electron chi connectivity index (χ4n) is 2.22. The number of rotatable bonds is 5. The van der Waals surface area contributed by atoms with Crippen molar-refractivity contribution in [2.24, 2.45) is 0 Å². The van der Waals surface area contributed by atoms with Crippen LogP contribution in [0.15, 0.2) is 53.1 Å². The van der Waals surface area contributed by atoms with E-state index in [9.17, 15) is 4.39 Å². The third-order valence-corrected chi connectivity index (χ3v) is 3.75. The molecule has 0 saturated carbocycles. The SMILES string of the molecule is CC(NCc1nc(-c2ccc(Cl)cc2)no1)c1ccccc1F. The van der Waals surface area contributed by atoms with E-state index in [1.54, 1.807) is 24.3 Å². The highest BCUT2D eigenvalue weighted by Gasteiger charge is 2.13. The van der Waals surface area contributed by atoms with E-state index in [1.807, 2.05) is 25.1 Å². The molecular weight excluding hydrogens is 317 g/mol. The van der Waals surface area contributed by atoms with Crippen LogP contribution in [0.2, 0.25) is 5.02 Å². The van der Waals surface area contributed by atoms with E-state index in [1.165, 1.54) is 6.07 Å². The zero-order chi connectivity index (χ0) is 16.2. The van der Waals surface area contributed by atoms with Crippen molar-refractivity contribution in [3.8, 4) is 11.4 Å². The van der Waals surface area contributed by atoms with E-state index in [0.717, 1.165) is 5.56 Å². The summed E-state index contributed by atoms with van der Waals surface area (Å²) in [5.41, 5.74) is 1.43. The van der Waals surface area contributed by atoms with Crippen LogP contribution < -0.4 is 5.32 Å². The van der Waals surface area contributed by atoms with Gasteiger partial charge in [-0.2, -0.15) is 4.98 Å². The molecule has 1 N–H and O–H groups in total. The van der Waals surface area contributed by atoms with Gasteiger partial charge in [-0.05, 0) is 37.3 Å². The normalized spacial score (nSPS) is 12.3. The minimum Gasteiger partial charge on any atom is -0.338 e. The summed E-state index contributed by atoms with van der Waals surface area (Å²) in [6.45, 7) is 2.24. The van der Waals surface area contributed by atoms with Crippen molar-refractivity contribution in [3.63, 3.8) is 0 Å². The zero-order valence-corrected chi connectivity index (χ0v) is 13.2. The second-order valence-electron chi connectivity index (χ2n) is 5.14. The van der Waals surface area contributed by atoms with Gasteiger partial charge in [-0.1, -0.05) is 35.0 Å². The summed E-state index contributed by atoms with van der Waals surface area (Å²) in [5, 5.41) is 7.76. The quantitative estimate of drug-likeness (QED) is 0.753. The molecule has 1 heterocycles. The molecule has 0 spiro atoms. The minimum atomic E-state index is -0.236. The van der Waals surface area contributed by atoms with E-state index >= 15 is 0 Å². The predicted molar refractivity (Wildman–Crippen MR) is 86.4 cm³/mol. The fraction of sp³-hybridized carbons (Fsp3) is 0.176. The highest BCUT2D eigenvalue weighted by atomic mass is 35.5. The molecule has 6 heteroatoms. The molecule has 3 rings (SSSR count). The Morgan fingerprint density at radius 2 is 1.91 bits per heavy atom. The van der Waals surface area contributed by atoms with Crippen LogP contribution in [0, 0.1) is 5.82 Å². The van der Waals surface area contributed by atoms with Gasteiger partial charge in [-0.15, -0.1) is 0 Å². The number of hydrogen-bond acceptors (Lipinski definition) is 4.